The Bertz CT molecular complexity index is 245. The molecule has 80 valence electrons. The third kappa shape index (κ3) is 2.77. The third-order valence-corrected chi connectivity index (χ3v) is 3.24. The van der Waals surface area contributed by atoms with Crippen LogP contribution >= 0.6 is 11.3 Å². The van der Waals surface area contributed by atoms with Crippen LogP contribution in [-0.4, -0.2) is 28.4 Å². The summed E-state index contributed by atoms with van der Waals surface area (Å²) in [6.45, 7) is 2.11. The minimum absolute atomic E-state index is 0.0247. The second-order valence-corrected chi connectivity index (χ2v) is 4.65. The number of rotatable bonds is 6. The monoisotopic (exact) mass is 215 g/mol. The SMILES string of the molecule is CCCC(CO)(CO)Cc1nccs1. The molecule has 0 aliphatic heterocycles. The van der Waals surface area contributed by atoms with Crippen molar-refractivity contribution in [2.24, 2.45) is 5.41 Å². The van der Waals surface area contributed by atoms with Gasteiger partial charge in [0.05, 0.1) is 18.2 Å². The molecule has 0 aliphatic rings. The fraction of sp³-hybridized carbons (Fsp3) is 0.700. The largest absolute Gasteiger partial charge is 0.396 e. The van der Waals surface area contributed by atoms with Gasteiger partial charge in [0.2, 0.25) is 0 Å². The van der Waals surface area contributed by atoms with Crippen LogP contribution in [0.1, 0.15) is 24.8 Å². The van der Waals surface area contributed by atoms with E-state index in [0.717, 1.165) is 17.8 Å². The van der Waals surface area contributed by atoms with Crippen LogP contribution in [0, 0.1) is 5.41 Å². The van der Waals surface area contributed by atoms with E-state index in [1.54, 1.807) is 17.5 Å². The maximum absolute atomic E-state index is 9.32. The van der Waals surface area contributed by atoms with Crippen LogP contribution in [0.25, 0.3) is 0 Å². The van der Waals surface area contributed by atoms with Gasteiger partial charge in [-0.1, -0.05) is 13.3 Å². The summed E-state index contributed by atoms with van der Waals surface area (Å²) in [5, 5.41) is 21.6. The minimum atomic E-state index is -0.382. The molecule has 1 aromatic heterocycles. The predicted molar refractivity (Wildman–Crippen MR) is 57.3 cm³/mol. The second-order valence-electron chi connectivity index (χ2n) is 3.67. The lowest BCUT2D eigenvalue weighted by Crippen LogP contribution is -2.32. The summed E-state index contributed by atoms with van der Waals surface area (Å²) in [5.41, 5.74) is -0.382. The quantitative estimate of drug-likeness (QED) is 0.755. The molecule has 0 bridgehead atoms. The third-order valence-electron chi connectivity index (χ3n) is 2.46. The zero-order valence-corrected chi connectivity index (χ0v) is 9.26. The molecule has 0 fully saturated rings. The van der Waals surface area contributed by atoms with E-state index in [0.29, 0.717) is 6.42 Å². The van der Waals surface area contributed by atoms with Crippen LogP contribution < -0.4 is 0 Å². The summed E-state index contributed by atoms with van der Waals surface area (Å²) >= 11 is 1.57. The topological polar surface area (TPSA) is 53.4 Å². The van der Waals surface area contributed by atoms with Gasteiger partial charge in [-0.3, -0.25) is 0 Å². The molecule has 0 saturated heterocycles. The van der Waals surface area contributed by atoms with Crippen LogP contribution in [-0.2, 0) is 6.42 Å². The van der Waals surface area contributed by atoms with Crippen molar-refractivity contribution in [1.82, 2.24) is 4.98 Å². The van der Waals surface area contributed by atoms with Crippen molar-refractivity contribution >= 4 is 11.3 Å². The van der Waals surface area contributed by atoms with Crippen LogP contribution in [0.4, 0.5) is 0 Å². The number of nitrogens with zero attached hydrogens (tertiary/aromatic N) is 1. The summed E-state index contributed by atoms with van der Waals surface area (Å²) in [4.78, 5) is 4.18. The molecule has 1 heterocycles. The average Bonchev–Trinajstić information content (AvgIpc) is 2.69. The van der Waals surface area contributed by atoms with Crippen molar-refractivity contribution in [2.45, 2.75) is 26.2 Å². The zero-order chi connectivity index (χ0) is 10.4. The molecular formula is C10H17NO2S. The number of hydrogen-bond donors (Lipinski definition) is 2. The lowest BCUT2D eigenvalue weighted by atomic mass is 9.82. The second kappa shape index (κ2) is 5.44. The highest BCUT2D eigenvalue weighted by Gasteiger charge is 2.28. The molecule has 0 spiro atoms. The van der Waals surface area contributed by atoms with E-state index in [4.69, 9.17) is 0 Å². The number of aromatic nitrogens is 1. The number of hydrogen-bond acceptors (Lipinski definition) is 4. The molecule has 14 heavy (non-hydrogen) atoms. The van der Waals surface area contributed by atoms with Crippen LogP contribution in [0.2, 0.25) is 0 Å². The van der Waals surface area contributed by atoms with Gasteiger partial charge in [-0.25, -0.2) is 4.98 Å². The smallest absolute Gasteiger partial charge is 0.0932 e. The first kappa shape index (κ1) is 11.6. The maximum atomic E-state index is 9.32. The van der Waals surface area contributed by atoms with E-state index in [-0.39, 0.29) is 18.6 Å². The van der Waals surface area contributed by atoms with Gasteiger partial charge in [0, 0.05) is 23.4 Å². The first-order valence-corrected chi connectivity index (χ1v) is 5.74. The van der Waals surface area contributed by atoms with Gasteiger partial charge in [-0.05, 0) is 6.42 Å². The molecule has 0 atom stereocenters. The highest BCUT2D eigenvalue weighted by atomic mass is 32.1. The van der Waals surface area contributed by atoms with Gasteiger partial charge in [0.15, 0.2) is 0 Å². The standard InChI is InChI=1S/C10H17NO2S/c1-2-3-10(7-12,8-13)6-9-11-4-5-14-9/h4-5,12-13H,2-3,6-8H2,1H3. The summed E-state index contributed by atoms with van der Waals surface area (Å²) in [6, 6.07) is 0. The van der Waals surface area contributed by atoms with Gasteiger partial charge in [-0.2, -0.15) is 0 Å². The number of aliphatic hydroxyl groups is 2. The van der Waals surface area contributed by atoms with Crippen LogP contribution in [0.5, 0.6) is 0 Å². The van der Waals surface area contributed by atoms with E-state index in [1.165, 1.54) is 0 Å². The van der Waals surface area contributed by atoms with Crippen LogP contribution in [0.15, 0.2) is 11.6 Å². The Morgan fingerprint density at radius 2 is 2.14 bits per heavy atom. The lowest BCUT2D eigenvalue weighted by molar-refractivity contribution is 0.0466. The molecule has 1 aromatic rings. The molecular weight excluding hydrogens is 198 g/mol. The molecule has 0 aliphatic carbocycles. The number of aliphatic hydroxyl groups excluding tert-OH is 2. The van der Waals surface area contributed by atoms with E-state index >= 15 is 0 Å². The summed E-state index contributed by atoms with van der Waals surface area (Å²) < 4.78 is 0. The van der Waals surface area contributed by atoms with Crippen molar-refractivity contribution < 1.29 is 10.2 Å². The molecule has 4 heteroatoms. The summed E-state index contributed by atoms with van der Waals surface area (Å²) in [5.74, 6) is 0. The molecule has 0 unspecified atom stereocenters. The normalized spacial score (nSPS) is 11.9. The van der Waals surface area contributed by atoms with Crippen molar-refractivity contribution in [3.8, 4) is 0 Å². The maximum Gasteiger partial charge on any atom is 0.0932 e. The minimum Gasteiger partial charge on any atom is -0.396 e. The van der Waals surface area contributed by atoms with Gasteiger partial charge in [0.25, 0.3) is 0 Å². The molecule has 2 N–H and O–H groups in total. The number of thiazole rings is 1. The average molecular weight is 215 g/mol. The van der Waals surface area contributed by atoms with E-state index in [9.17, 15) is 10.2 Å². The lowest BCUT2D eigenvalue weighted by Gasteiger charge is -2.28. The molecule has 0 aromatic carbocycles. The van der Waals surface area contributed by atoms with E-state index in [2.05, 4.69) is 11.9 Å². The predicted octanol–water partition coefficient (Wildman–Crippen LogP) is 1.46. The van der Waals surface area contributed by atoms with E-state index in [1.807, 2.05) is 5.38 Å². The first-order chi connectivity index (χ1) is 6.76. The molecule has 0 saturated carbocycles. The molecule has 0 amide bonds. The van der Waals surface area contributed by atoms with Crippen molar-refractivity contribution in [1.29, 1.82) is 0 Å². The zero-order valence-electron chi connectivity index (χ0n) is 8.44. The Morgan fingerprint density at radius 3 is 2.57 bits per heavy atom. The van der Waals surface area contributed by atoms with Gasteiger partial charge >= 0.3 is 0 Å². The van der Waals surface area contributed by atoms with Crippen molar-refractivity contribution in [3.05, 3.63) is 16.6 Å². The highest BCUT2D eigenvalue weighted by molar-refractivity contribution is 7.09. The van der Waals surface area contributed by atoms with Crippen molar-refractivity contribution in [2.75, 3.05) is 13.2 Å². The Labute approximate surface area is 88.4 Å². The summed E-state index contributed by atoms with van der Waals surface area (Å²) in [6.07, 6.45) is 4.23. The fourth-order valence-corrected chi connectivity index (χ4v) is 2.39. The Balaban J connectivity index is 2.67. The van der Waals surface area contributed by atoms with Crippen LogP contribution in [0.3, 0.4) is 0 Å². The first-order valence-electron chi connectivity index (χ1n) is 4.86. The Kier molecular flexibility index (Phi) is 4.51. The Hall–Kier alpha value is -0.450. The van der Waals surface area contributed by atoms with Gasteiger partial charge in [-0.15, -0.1) is 11.3 Å². The van der Waals surface area contributed by atoms with Gasteiger partial charge < -0.3 is 10.2 Å². The molecule has 0 radical (unpaired) electrons. The van der Waals surface area contributed by atoms with Gasteiger partial charge in [0.1, 0.15) is 0 Å². The highest BCUT2D eigenvalue weighted by Crippen LogP contribution is 2.28. The summed E-state index contributed by atoms with van der Waals surface area (Å²) in [7, 11) is 0. The van der Waals surface area contributed by atoms with E-state index < -0.39 is 0 Å². The molecule has 1 rings (SSSR count). The van der Waals surface area contributed by atoms with Crippen molar-refractivity contribution in [3.63, 3.8) is 0 Å². The molecule has 3 nitrogen and oxygen atoms in total. The fourth-order valence-electron chi connectivity index (χ4n) is 1.60. The Morgan fingerprint density at radius 1 is 1.43 bits per heavy atom.